The first-order valence-electron chi connectivity index (χ1n) is 8.28. The van der Waals surface area contributed by atoms with E-state index in [9.17, 15) is 4.79 Å². The van der Waals surface area contributed by atoms with Crippen LogP contribution >= 0.6 is 11.3 Å². The molecular weight excluding hydrogens is 304 g/mol. The van der Waals surface area contributed by atoms with Gasteiger partial charge >= 0.3 is 5.97 Å². The molecule has 1 heterocycles. The van der Waals surface area contributed by atoms with Crippen molar-refractivity contribution in [1.82, 2.24) is 0 Å². The Morgan fingerprint density at radius 1 is 0.913 bits per heavy atom. The Labute approximate surface area is 142 Å². The molecule has 0 radical (unpaired) electrons. The fourth-order valence-electron chi connectivity index (χ4n) is 2.58. The molecule has 23 heavy (non-hydrogen) atoms. The summed E-state index contributed by atoms with van der Waals surface area (Å²) in [5.74, 6) is -0.893. The van der Waals surface area contributed by atoms with E-state index in [0.29, 0.717) is 0 Å². The molecule has 122 valence electrons. The molecule has 3 heteroatoms. The van der Waals surface area contributed by atoms with E-state index in [2.05, 4.69) is 36.4 Å². The van der Waals surface area contributed by atoms with Gasteiger partial charge in [0.1, 0.15) is 0 Å². The first kappa shape index (κ1) is 17.5. The van der Waals surface area contributed by atoms with Crippen LogP contribution in [0.2, 0.25) is 0 Å². The zero-order valence-electron chi connectivity index (χ0n) is 13.4. The summed E-state index contributed by atoms with van der Waals surface area (Å²) < 4.78 is 0. The molecule has 0 aliphatic heterocycles. The Kier molecular flexibility index (Phi) is 7.61. The molecule has 0 saturated heterocycles. The van der Waals surface area contributed by atoms with Gasteiger partial charge in [-0.1, -0.05) is 49.6 Å². The highest BCUT2D eigenvalue weighted by Crippen LogP contribution is 2.20. The quantitative estimate of drug-likeness (QED) is 0.456. The van der Waals surface area contributed by atoms with Crippen molar-refractivity contribution in [3.8, 4) is 0 Å². The molecule has 0 saturated carbocycles. The number of hydrogen-bond acceptors (Lipinski definition) is 2. The lowest BCUT2D eigenvalue weighted by atomic mass is 10.0. The van der Waals surface area contributed by atoms with Crippen molar-refractivity contribution in [3.05, 3.63) is 63.9 Å². The van der Waals surface area contributed by atoms with Crippen molar-refractivity contribution in [1.29, 1.82) is 0 Å². The molecule has 0 spiro atoms. The standard InChI is InChI=1S/C20H24O2S/c21-20(22)16-15-19-14-13-18(23-19)12-8-3-1-2-5-9-17-10-6-4-7-11-17/h4,6-7,10-11,13-16H,1-3,5,8-9,12H2,(H,21,22). The number of carboxylic acids is 1. The van der Waals surface area contributed by atoms with Gasteiger partial charge in [-0.2, -0.15) is 0 Å². The molecule has 1 aromatic heterocycles. The SMILES string of the molecule is O=C(O)C=Cc1ccc(CCCCCCCc2ccccc2)s1. The predicted molar refractivity (Wildman–Crippen MR) is 97.9 cm³/mol. The average Bonchev–Trinajstić information content (AvgIpc) is 3.01. The van der Waals surface area contributed by atoms with Crippen LogP contribution in [0.4, 0.5) is 0 Å². The first-order chi connectivity index (χ1) is 11.2. The largest absolute Gasteiger partial charge is 0.478 e. The zero-order valence-corrected chi connectivity index (χ0v) is 14.2. The van der Waals surface area contributed by atoms with Crippen LogP contribution in [0.15, 0.2) is 48.5 Å². The average molecular weight is 328 g/mol. The number of aliphatic carboxylic acids is 1. The van der Waals surface area contributed by atoms with Gasteiger partial charge in [-0.05, 0) is 49.5 Å². The minimum atomic E-state index is -0.893. The zero-order chi connectivity index (χ0) is 16.3. The maximum Gasteiger partial charge on any atom is 0.328 e. The van der Waals surface area contributed by atoms with Crippen LogP contribution in [0, 0.1) is 0 Å². The lowest BCUT2D eigenvalue weighted by Gasteiger charge is -2.02. The molecule has 0 atom stereocenters. The summed E-state index contributed by atoms with van der Waals surface area (Å²) in [6.07, 6.45) is 11.5. The minimum Gasteiger partial charge on any atom is -0.478 e. The van der Waals surface area contributed by atoms with Crippen molar-refractivity contribution in [2.45, 2.75) is 44.9 Å². The summed E-state index contributed by atoms with van der Waals surface area (Å²) in [5, 5.41) is 8.62. The number of benzene rings is 1. The van der Waals surface area contributed by atoms with E-state index in [1.165, 1.54) is 55.0 Å². The molecule has 0 bridgehead atoms. The molecule has 0 amide bonds. The van der Waals surface area contributed by atoms with Crippen molar-refractivity contribution < 1.29 is 9.90 Å². The maximum atomic E-state index is 10.5. The molecule has 0 fully saturated rings. The summed E-state index contributed by atoms with van der Waals surface area (Å²) in [6.45, 7) is 0. The molecule has 2 aromatic rings. The summed E-state index contributed by atoms with van der Waals surface area (Å²) in [6, 6.07) is 14.8. The van der Waals surface area contributed by atoms with Crippen LogP contribution in [-0.4, -0.2) is 11.1 Å². The summed E-state index contributed by atoms with van der Waals surface area (Å²) in [5.41, 5.74) is 1.44. The van der Waals surface area contributed by atoms with E-state index in [4.69, 9.17) is 5.11 Å². The molecular formula is C20H24O2S. The van der Waals surface area contributed by atoms with Crippen molar-refractivity contribution in [2.24, 2.45) is 0 Å². The molecule has 2 nitrogen and oxygen atoms in total. The number of unbranched alkanes of at least 4 members (excludes halogenated alkanes) is 4. The molecule has 0 unspecified atom stereocenters. The minimum absolute atomic E-state index is 0.893. The number of aryl methyl sites for hydroxylation is 2. The number of carboxylic acid groups (broad SMARTS) is 1. The van der Waals surface area contributed by atoms with Gasteiger partial charge in [0.05, 0.1) is 0 Å². The second-order valence-electron chi connectivity index (χ2n) is 5.73. The molecule has 1 N–H and O–H groups in total. The highest BCUT2D eigenvalue weighted by Gasteiger charge is 1.99. The third kappa shape index (κ3) is 7.29. The van der Waals surface area contributed by atoms with Gasteiger partial charge in [-0.3, -0.25) is 0 Å². The fourth-order valence-corrected chi connectivity index (χ4v) is 3.53. The molecule has 0 aliphatic carbocycles. The van der Waals surface area contributed by atoms with Crippen LogP contribution in [-0.2, 0) is 17.6 Å². The van der Waals surface area contributed by atoms with Gasteiger partial charge in [0.2, 0.25) is 0 Å². The Morgan fingerprint density at radius 3 is 2.35 bits per heavy atom. The molecule has 2 rings (SSSR count). The maximum absolute atomic E-state index is 10.5. The Bertz CT molecular complexity index is 614. The Balaban J connectivity index is 1.54. The summed E-state index contributed by atoms with van der Waals surface area (Å²) >= 11 is 1.69. The Morgan fingerprint density at radius 2 is 1.61 bits per heavy atom. The van der Waals surface area contributed by atoms with E-state index in [1.54, 1.807) is 17.4 Å². The third-order valence-electron chi connectivity index (χ3n) is 3.80. The smallest absolute Gasteiger partial charge is 0.328 e. The van der Waals surface area contributed by atoms with Crippen molar-refractivity contribution >= 4 is 23.4 Å². The van der Waals surface area contributed by atoms with Gasteiger partial charge in [0.25, 0.3) is 0 Å². The number of hydrogen-bond donors (Lipinski definition) is 1. The number of thiophene rings is 1. The first-order valence-corrected chi connectivity index (χ1v) is 9.09. The lowest BCUT2D eigenvalue weighted by molar-refractivity contribution is -0.131. The predicted octanol–water partition coefficient (Wildman–Crippen LogP) is 5.58. The summed E-state index contributed by atoms with van der Waals surface area (Å²) in [7, 11) is 0. The monoisotopic (exact) mass is 328 g/mol. The number of carbonyl (C=O) groups is 1. The van der Waals surface area contributed by atoms with E-state index in [-0.39, 0.29) is 0 Å². The highest BCUT2D eigenvalue weighted by atomic mass is 32.1. The van der Waals surface area contributed by atoms with E-state index in [1.807, 2.05) is 6.07 Å². The lowest BCUT2D eigenvalue weighted by Crippen LogP contribution is -1.86. The normalized spacial score (nSPS) is 11.1. The van der Waals surface area contributed by atoms with E-state index < -0.39 is 5.97 Å². The summed E-state index contributed by atoms with van der Waals surface area (Å²) in [4.78, 5) is 12.9. The van der Waals surface area contributed by atoms with Gasteiger partial charge in [-0.25, -0.2) is 4.79 Å². The highest BCUT2D eigenvalue weighted by molar-refractivity contribution is 7.12. The van der Waals surface area contributed by atoms with Gasteiger partial charge < -0.3 is 5.11 Å². The second-order valence-corrected chi connectivity index (χ2v) is 6.93. The van der Waals surface area contributed by atoms with Gasteiger partial charge in [0, 0.05) is 15.8 Å². The molecule has 1 aromatic carbocycles. The van der Waals surface area contributed by atoms with Crippen molar-refractivity contribution in [2.75, 3.05) is 0 Å². The van der Waals surface area contributed by atoms with E-state index in [0.717, 1.165) is 11.3 Å². The van der Waals surface area contributed by atoms with Crippen LogP contribution in [0.25, 0.3) is 6.08 Å². The fraction of sp³-hybridized carbons (Fsp3) is 0.350. The molecule has 0 aliphatic rings. The van der Waals surface area contributed by atoms with Crippen LogP contribution in [0.1, 0.15) is 47.4 Å². The van der Waals surface area contributed by atoms with Crippen molar-refractivity contribution in [3.63, 3.8) is 0 Å². The Hall–Kier alpha value is -1.87. The third-order valence-corrected chi connectivity index (χ3v) is 4.91. The van der Waals surface area contributed by atoms with Crippen LogP contribution in [0.5, 0.6) is 0 Å². The van der Waals surface area contributed by atoms with Crippen LogP contribution < -0.4 is 0 Å². The number of rotatable bonds is 10. The van der Waals surface area contributed by atoms with Crippen LogP contribution in [0.3, 0.4) is 0 Å². The van der Waals surface area contributed by atoms with Gasteiger partial charge in [0.15, 0.2) is 0 Å². The van der Waals surface area contributed by atoms with E-state index >= 15 is 0 Å². The topological polar surface area (TPSA) is 37.3 Å². The second kappa shape index (κ2) is 10.0. The van der Waals surface area contributed by atoms with Gasteiger partial charge in [-0.15, -0.1) is 11.3 Å².